The van der Waals surface area contributed by atoms with Gasteiger partial charge in [0.25, 0.3) is 10.0 Å². The van der Waals surface area contributed by atoms with E-state index in [4.69, 9.17) is 5.11 Å². The fourth-order valence-electron chi connectivity index (χ4n) is 4.58. The summed E-state index contributed by atoms with van der Waals surface area (Å²) in [6, 6.07) is 12.0. The minimum atomic E-state index is -3.94. The van der Waals surface area contributed by atoms with Gasteiger partial charge in [0, 0.05) is 50.8 Å². The van der Waals surface area contributed by atoms with Crippen LogP contribution in [-0.2, 0) is 30.0 Å². The van der Waals surface area contributed by atoms with Gasteiger partial charge < -0.3 is 19.9 Å². The zero-order chi connectivity index (χ0) is 26.4. The number of imidazole rings is 1. The number of rotatable bonds is 10. The number of unbranched alkanes of at least 4 members (excludes halogenated alkanes) is 1. The van der Waals surface area contributed by atoms with Crippen molar-refractivity contribution in [3.05, 3.63) is 71.9 Å². The number of aromatic nitrogens is 3. The number of benzene rings is 1. The van der Waals surface area contributed by atoms with Crippen LogP contribution in [0.3, 0.4) is 0 Å². The minimum absolute atomic E-state index is 0.0339. The Labute approximate surface area is 216 Å². The third-order valence-electron chi connectivity index (χ3n) is 6.40. The van der Waals surface area contributed by atoms with Crippen LogP contribution in [0.5, 0.6) is 0 Å². The number of amides is 1. The third kappa shape index (κ3) is 6.07. The van der Waals surface area contributed by atoms with Crippen molar-refractivity contribution in [3.63, 3.8) is 0 Å². The summed E-state index contributed by atoms with van der Waals surface area (Å²) in [4.78, 5) is 21.2. The Morgan fingerprint density at radius 1 is 1.30 bits per heavy atom. The maximum Gasteiger partial charge on any atom is 0.404 e. The molecule has 2 N–H and O–H groups in total. The number of sulfonamides is 1. The highest BCUT2D eigenvalue weighted by Crippen LogP contribution is 2.33. The molecule has 37 heavy (non-hydrogen) atoms. The van der Waals surface area contributed by atoms with E-state index in [1.165, 1.54) is 16.6 Å². The molecule has 0 aliphatic carbocycles. The van der Waals surface area contributed by atoms with Crippen LogP contribution in [0, 0.1) is 11.3 Å². The van der Waals surface area contributed by atoms with Crippen LogP contribution in [0.25, 0.3) is 0 Å². The summed E-state index contributed by atoms with van der Waals surface area (Å²) >= 11 is 0. The van der Waals surface area contributed by atoms with Crippen molar-refractivity contribution in [2.75, 3.05) is 24.5 Å². The summed E-state index contributed by atoms with van der Waals surface area (Å²) in [6.07, 6.45) is 5.24. The Kier molecular flexibility index (Phi) is 8.05. The van der Waals surface area contributed by atoms with Crippen molar-refractivity contribution in [3.8, 4) is 6.07 Å². The molecular weight excluding hydrogens is 494 g/mol. The number of fused-ring (bicyclic) bond motifs is 1. The summed E-state index contributed by atoms with van der Waals surface area (Å²) in [5.74, 6) is 0. The molecule has 0 spiro atoms. The molecule has 2 aromatic heterocycles. The molecule has 1 amide bonds. The number of nitrogens with zero attached hydrogens (tertiary/aromatic N) is 6. The first-order valence-electron chi connectivity index (χ1n) is 11.9. The third-order valence-corrected chi connectivity index (χ3v) is 8.27. The largest absolute Gasteiger partial charge is 0.465 e. The van der Waals surface area contributed by atoms with Crippen LogP contribution < -0.4 is 10.2 Å². The van der Waals surface area contributed by atoms with Gasteiger partial charge in [0.15, 0.2) is 5.03 Å². The van der Waals surface area contributed by atoms with Crippen molar-refractivity contribution in [1.29, 1.82) is 5.26 Å². The molecule has 1 aliphatic rings. The summed E-state index contributed by atoms with van der Waals surface area (Å²) < 4.78 is 31.0. The zero-order valence-corrected chi connectivity index (χ0v) is 21.3. The maximum absolute atomic E-state index is 13.8. The van der Waals surface area contributed by atoms with Gasteiger partial charge in [-0.05, 0) is 55.2 Å². The molecular formula is C25H29N7O4S. The molecule has 0 fully saturated rings. The summed E-state index contributed by atoms with van der Waals surface area (Å²) in [5, 5.41) is 20.6. The Hall–Kier alpha value is -3.95. The predicted molar refractivity (Wildman–Crippen MR) is 136 cm³/mol. The van der Waals surface area contributed by atoms with Gasteiger partial charge in [-0.2, -0.15) is 9.57 Å². The second-order valence-corrected chi connectivity index (χ2v) is 10.7. The highest BCUT2D eigenvalue weighted by molar-refractivity contribution is 7.89. The number of nitrogens with one attached hydrogen (secondary N) is 1. The van der Waals surface area contributed by atoms with Crippen molar-refractivity contribution < 1.29 is 18.3 Å². The Morgan fingerprint density at radius 3 is 2.81 bits per heavy atom. The minimum Gasteiger partial charge on any atom is -0.465 e. The highest BCUT2D eigenvalue weighted by atomic mass is 32.2. The van der Waals surface area contributed by atoms with Gasteiger partial charge in [-0.15, -0.1) is 0 Å². The van der Waals surface area contributed by atoms with E-state index in [0.29, 0.717) is 37.9 Å². The van der Waals surface area contributed by atoms with Crippen LogP contribution in [0.1, 0.15) is 29.7 Å². The van der Waals surface area contributed by atoms with Gasteiger partial charge in [-0.1, -0.05) is 6.07 Å². The summed E-state index contributed by atoms with van der Waals surface area (Å²) in [6.45, 7) is 1.39. The summed E-state index contributed by atoms with van der Waals surface area (Å²) in [7, 11) is -2.03. The Balaban J connectivity index is 1.67. The number of aryl methyl sites for hydroxylation is 1. The van der Waals surface area contributed by atoms with Crippen LogP contribution in [0.4, 0.5) is 10.5 Å². The van der Waals surface area contributed by atoms with Gasteiger partial charge in [-0.3, -0.25) is 0 Å². The maximum atomic E-state index is 13.8. The molecule has 12 heteroatoms. The van der Waals surface area contributed by atoms with E-state index in [2.05, 4.69) is 26.3 Å². The molecule has 0 saturated heterocycles. The number of carboxylic acid groups (broad SMARTS) is 1. The van der Waals surface area contributed by atoms with E-state index >= 15 is 0 Å². The number of hydrogen-bond acceptors (Lipinski definition) is 7. The molecule has 1 aromatic carbocycles. The van der Waals surface area contributed by atoms with Crippen LogP contribution >= 0.6 is 0 Å². The molecule has 0 bridgehead atoms. The van der Waals surface area contributed by atoms with E-state index < -0.39 is 22.2 Å². The second-order valence-electron chi connectivity index (χ2n) is 8.91. The first kappa shape index (κ1) is 26.1. The van der Waals surface area contributed by atoms with Crippen LogP contribution in [-0.4, -0.2) is 64.1 Å². The molecule has 1 atom stereocenters. The average Bonchev–Trinajstić information content (AvgIpc) is 3.29. The lowest BCUT2D eigenvalue weighted by atomic mass is 9.95. The molecule has 3 heterocycles. The van der Waals surface area contributed by atoms with E-state index in [1.54, 1.807) is 30.7 Å². The molecule has 1 aliphatic heterocycles. The van der Waals surface area contributed by atoms with E-state index in [9.17, 15) is 18.5 Å². The van der Waals surface area contributed by atoms with E-state index in [0.717, 1.165) is 16.9 Å². The molecule has 11 nitrogen and oxygen atoms in total. The lowest BCUT2D eigenvalue weighted by Crippen LogP contribution is -2.51. The van der Waals surface area contributed by atoms with Gasteiger partial charge in [0.1, 0.15) is 0 Å². The molecule has 4 rings (SSSR count). The van der Waals surface area contributed by atoms with Gasteiger partial charge >= 0.3 is 6.09 Å². The zero-order valence-electron chi connectivity index (χ0n) is 20.5. The normalized spacial score (nSPS) is 15.3. The number of nitriles is 1. The molecule has 3 aromatic rings. The second kappa shape index (κ2) is 11.4. The molecule has 1 unspecified atom stereocenters. The fraction of sp³-hybridized carbons (Fsp3) is 0.360. The van der Waals surface area contributed by atoms with E-state index in [1.807, 2.05) is 23.7 Å². The fourth-order valence-corrected chi connectivity index (χ4v) is 6.17. The lowest BCUT2D eigenvalue weighted by molar-refractivity contribution is 0.194. The molecule has 194 valence electrons. The predicted octanol–water partition coefficient (Wildman–Crippen LogP) is 2.36. The highest BCUT2D eigenvalue weighted by Gasteiger charge is 2.36. The Bertz CT molecular complexity index is 1390. The average molecular weight is 524 g/mol. The summed E-state index contributed by atoms with van der Waals surface area (Å²) in [5.41, 5.74) is 3.33. The number of carbonyl (C=O) groups is 1. The first-order valence-corrected chi connectivity index (χ1v) is 13.4. The van der Waals surface area contributed by atoms with Crippen molar-refractivity contribution >= 4 is 21.8 Å². The van der Waals surface area contributed by atoms with Crippen LogP contribution in [0.2, 0.25) is 0 Å². The Morgan fingerprint density at radius 2 is 2.14 bits per heavy atom. The van der Waals surface area contributed by atoms with Gasteiger partial charge in [0.05, 0.1) is 30.2 Å². The van der Waals surface area contributed by atoms with Gasteiger partial charge in [0.2, 0.25) is 0 Å². The van der Waals surface area contributed by atoms with Crippen LogP contribution in [0.15, 0.2) is 60.1 Å². The standard InChI is InChI=1S/C25H29N7O4S/c1-30-18-27-15-22(30)17-31-16-21(13-20-12-19(14-26)7-8-23(20)31)32(11-5-4-10-29-25(33)34)37(35,36)24-6-2-3-9-28-24/h2-3,6-9,12,15,18,21,29H,4-5,10-11,13,16-17H2,1H3,(H,33,34). The van der Waals surface area contributed by atoms with E-state index in [-0.39, 0.29) is 18.1 Å². The number of anilines is 1. The van der Waals surface area contributed by atoms with Crippen molar-refractivity contribution in [2.24, 2.45) is 7.05 Å². The lowest BCUT2D eigenvalue weighted by Gasteiger charge is -2.40. The topological polar surface area (TPSA) is 144 Å². The quantitative estimate of drug-likeness (QED) is 0.385. The van der Waals surface area contributed by atoms with Crippen molar-refractivity contribution in [2.45, 2.75) is 36.9 Å². The van der Waals surface area contributed by atoms with Crippen molar-refractivity contribution in [1.82, 2.24) is 24.2 Å². The monoisotopic (exact) mass is 523 g/mol. The number of pyridine rings is 1. The first-order chi connectivity index (χ1) is 17.8. The number of hydrogen-bond donors (Lipinski definition) is 2. The molecule has 0 saturated carbocycles. The molecule has 0 radical (unpaired) electrons. The smallest absolute Gasteiger partial charge is 0.404 e. The SMILES string of the molecule is Cn1cncc1CN1CC(N(CCCCNC(=O)O)S(=O)(=O)c2ccccn2)Cc2cc(C#N)ccc21. The van der Waals surface area contributed by atoms with Gasteiger partial charge in [-0.25, -0.2) is 23.2 Å².